The van der Waals surface area contributed by atoms with Crippen LogP contribution in [-0.4, -0.2) is 46.1 Å². The first-order valence-corrected chi connectivity index (χ1v) is 9.38. The number of aromatic hydroxyl groups is 1. The van der Waals surface area contributed by atoms with E-state index in [1.165, 1.54) is 0 Å². The Hall–Kier alpha value is -2.31. The SMILES string of the molecule is CC(C)NC(=O)C(C)N1CCOc2c(O)cc(-c3ccc(Cl)cn3)cc2C1. The topological polar surface area (TPSA) is 74.7 Å². The third kappa shape index (κ3) is 4.51. The van der Waals surface area contributed by atoms with Gasteiger partial charge < -0.3 is 15.2 Å². The Labute approximate surface area is 164 Å². The van der Waals surface area contributed by atoms with Gasteiger partial charge in [-0.3, -0.25) is 14.7 Å². The molecule has 0 bridgehead atoms. The van der Waals surface area contributed by atoms with Crippen molar-refractivity contribution in [3.8, 4) is 22.8 Å². The number of phenolic OH excluding ortho intramolecular Hbond substituents is 1. The molecule has 0 spiro atoms. The quantitative estimate of drug-likeness (QED) is 0.839. The number of nitrogens with one attached hydrogen (secondary N) is 1. The second-order valence-corrected chi connectivity index (χ2v) is 7.44. The molecular formula is C20H24ClN3O3. The van der Waals surface area contributed by atoms with Gasteiger partial charge in [-0.25, -0.2) is 0 Å². The molecule has 0 saturated heterocycles. The molecule has 1 amide bonds. The van der Waals surface area contributed by atoms with Gasteiger partial charge in [0.15, 0.2) is 11.5 Å². The Kier molecular flexibility index (Phi) is 5.87. The Bertz CT molecular complexity index is 824. The van der Waals surface area contributed by atoms with Crippen LogP contribution in [0.5, 0.6) is 11.5 Å². The third-order valence-corrected chi connectivity index (χ3v) is 4.75. The van der Waals surface area contributed by atoms with Crippen molar-refractivity contribution in [1.29, 1.82) is 0 Å². The minimum absolute atomic E-state index is 0.0202. The predicted octanol–water partition coefficient (Wildman–Crippen LogP) is 3.22. The fraction of sp³-hybridized carbons (Fsp3) is 0.400. The van der Waals surface area contributed by atoms with Crippen LogP contribution in [0.3, 0.4) is 0 Å². The molecule has 1 aliphatic heterocycles. The molecule has 0 aliphatic carbocycles. The maximum Gasteiger partial charge on any atom is 0.237 e. The van der Waals surface area contributed by atoms with Gasteiger partial charge in [0, 0.05) is 36.5 Å². The Balaban J connectivity index is 1.89. The van der Waals surface area contributed by atoms with Crippen molar-refractivity contribution in [2.45, 2.75) is 39.4 Å². The first-order chi connectivity index (χ1) is 12.8. The smallest absolute Gasteiger partial charge is 0.237 e. The van der Waals surface area contributed by atoms with Crippen LogP contribution in [0.1, 0.15) is 26.3 Å². The molecular weight excluding hydrogens is 366 g/mol. The molecule has 27 heavy (non-hydrogen) atoms. The van der Waals surface area contributed by atoms with Crippen molar-refractivity contribution in [3.63, 3.8) is 0 Å². The molecule has 1 aromatic carbocycles. The first-order valence-electron chi connectivity index (χ1n) is 9.00. The van der Waals surface area contributed by atoms with Crippen LogP contribution in [0.4, 0.5) is 0 Å². The summed E-state index contributed by atoms with van der Waals surface area (Å²) >= 11 is 5.91. The van der Waals surface area contributed by atoms with Crippen LogP contribution in [0.25, 0.3) is 11.3 Å². The predicted molar refractivity (Wildman–Crippen MR) is 105 cm³/mol. The highest BCUT2D eigenvalue weighted by Gasteiger charge is 2.26. The van der Waals surface area contributed by atoms with Crippen LogP contribution in [0, 0.1) is 0 Å². The molecule has 144 valence electrons. The number of hydrogen-bond acceptors (Lipinski definition) is 5. The minimum atomic E-state index is -0.304. The van der Waals surface area contributed by atoms with Gasteiger partial charge >= 0.3 is 0 Å². The summed E-state index contributed by atoms with van der Waals surface area (Å²) in [5.41, 5.74) is 2.30. The maximum absolute atomic E-state index is 12.4. The Morgan fingerprint density at radius 3 is 2.78 bits per heavy atom. The number of ether oxygens (including phenoxy) is 1. The van der Waals surface area contributed by atoms with Gasteiger partial charge in [-0.1, -0.05) is 11.6 Å². The van der Waals surface area contributed by atoms with Crippen molar-refractivity contribution in [1.82, 2.24) is 15.2 Å². The standard InChI is InChI=1S/C20H24ClN3O3/c1-12(2)23-20(26)13(3)24-6-7-27-19-15(11-24)8-14(9-18(19)25)17-5-4-16(21)10-22-17/h4-5,8-10,12-13,25H,6-7,11H2,1-3H3,(H,23,26). The maximum atomic E-state index is 12.4. The number of hydrogen-bond donors (Lipinski definition) is 2. The van der Waals surface area contributed by atoms with E-state index in [2.05, 4.69) is 10.3 Å². The number of rotatable bonds is 4. The van der Waals surface area contributed by atoms with Crippen LogP contribution >= 0.6 is 11.6 Å². The molecule has 2 aromatic rings. The van der Waals surface area contributed by atoms with E-state index in [4.69, 9.17) is 16.3 Å². The van der Waals surface area contributed by atoms with E-state index in [0.29, 0.717) is 36.2 Å². The highest BCUT2D eigenvalue weighted by Crippen LogP contribution is 2.37. The molecule has 1 aliphatic rings. The third-order valence-electron chi connectivity index (χ3n) is 4.53. The normalized spacial score (nSPS) is 15.6. The lowest BCUT2D eigenvalue weighted by Gasteiger charge is -2.27. The molecule has 0 radical (unpaired) electrons. The molecule has 2 heterocycles. The monoisotopic (exact) mass is 389 g/mol. The van der Waals surface area contributed by atoms with Gasteiger partial charge in [-0.2, -0.15) is 0 Å². The van der Waals surface area contributed by atoms with E-state index in [9.17, 15) is 9.90 Å². The summed E-state index contributed by atoms with van der Waals surface area (Å²) < 4.78 is 5.77. The Morgan fingerprint density at radius 1 is 1.33 bits per heavy atom. The number of halogens is 1. The number of pyridine rings is 1. The largest absolute Gasteiger partial charge is 0.504 e. The van der Waals surface area contributed by atoms with Crippen molar-refractivity contribution < 1.29 is 14.6 Å². The van der Waals surface area contributed by atoms with E-state index in [1.54, 1.807) is 24.4 Å². The lowest BCUT2D eigenvalue weighted by molar-refractivity contribution is -0.126. The molecule has 1 aromatic heterocycles. The minimum Gasteiger partial charge on any atom is -0.504 e. The number of phenols is 1. The molecule has 6 nitrogen and oxygen atoms in total. The lowest BCUT2D eigenvalue weighted by atomic mass is 10.0. The summed E-state index contributed by atoms with van der Waals surface area (Å²) in [5.74, 6) is 0.514. The van der Waals surface area contributed by atoms with Crippen molar-refractivity contribution in [3.05, 3.63) is 41.0 Å². The zero-order valence-corrected chi connectivity index (χ0v) is 16.5. The number of amides is 1. The number of nitrogens with zero attached hydrogens (tertiary/aromatic N) is 2. The van der Waals surface area contributed by atoms with Gasteiger partial charge in [-0.15, -0.1) is 0 Å². The summed E-state index contributed by atoms with van der Waals surface area (Å²) in [5, 5.41) is 14.0. The fourth-order valence-corrected chi connectivity index (χ4v) is 3.23. The van der Waals surface area contributed by atoms with Crippen LogP contribution < -0.4 is 10.1 Å². The number of benzene rings is 1. The summed E-state index contributed by atoms with van der Waals surface area (Å²) in [6.07, 6.45) is 1.57. The lowest BCUT2D eigenvalue weighted by Crippen LogP contribution is -2.47. The number of aromatic nitrogens is 1. The summed E-state index contributed by atoms with van der Waals surface area (Å²) in [7, 11) is 0. The van der Waals surface area contributed by atoms with E-state index >= 15 is 0 Å². The molecule has 1 unspecified atom stereocenters. The summed E-state index contributed by atoms with van der Waals surface area (Å²) in [6.45, 7) is 7.25. The second kappa shape index (κ2) is 8.15. The first kappa shape index (κ1) is 19.5. The van der Waals surface area contributed by atoms with Gasteiger partial charge in [0.2, 0.25) is 5.91 Å². The van der Waals surface area contributed by atoms with Crippen molar-refractivity contribution in [2.75, 3.05) is 13.2 Å². The van der Waals surface area contributed by atoms with Crippen LogP contribution in [-0.2, 0) is 11.3 Å². The van der Waals surface area contributed by atoms with Gasteiger partial charge in [-0.05, 0) is 45.0 Å². The molecule has 3 rings (SSSR count). The number of carbonyl (C=O) groups excluding carboxylic acids is 1. The van der Waals surface area contributed by atoms with Crippen molar-refractivity contribution in [2.24, 2.45) is 0 Å². The van der Waals surface area contributed by atoms with E-state index in [0.717, 1.165) is 11.1 Å². The summed E-state index contributed by atoms with van der Waals surface area (Å²) in [6, 6.07) is 6.92. The van der Waals surface area contributed by atoms with Crippen LogP contribution in [0.15, 0.2) is 30.5 Å². The summed E-state index contributed by atoms with van der Waals surface area (Å²) in [4.78, 5) is 18.8. The Morgan fingerprint density at radius 2 is 2.11 bits per heavy atom. The van der Waals surface area contributed by atoms with Gasteiger partial charge in [0.1, 0.15) is 6.61 Å². The highest BCUT2D eigenvalue weighted by atomic mass is 35.5. The van der Waals surface area contributed by atoms with E-state index < -0.39 is 0 Å². The average Bonchev–Trinajstić information content (AvgIpc) is 2.84. The van der Waals surface area contributed by atoms with Gasteiger partial charge in [0.05, 0.1) is 16.8 Å². The molecule has 0 saturated carbocycles. The van der Waals surface area contributed by atoms with Gasteiger partial charge in [0.25, 0.3) is 0 Å². The van der Waals surface area contributed by atoms with Crippen molar-refractivity contribution >= 4 is 17.5 Å². The molecule has 1 atom stereocenters. The number of fused-ring (bicyclic) bond motifs is 1. The zero-order valence-electron chi connectivity index (χ0n) is 15.7. The van der Waals surface area contributed by atoms with E-state index in [1.807, 2.05) is 31.7 Å². The highest BCUT2D eigenvalue weighted by molar-refractivity contribution is 6.30. The average molecular weight is 390 g/mol. The fourth-order valence-electron chi connectivity index (χ4n) is 3.12. The second-order valence-electron chi connectivity index (χ2n) is 7.00. The zero-order chi connectivity index (χ0) is 19.6. The number of carbonyl (C=O) groups is 1. The van der Waals surface area contributed by atoms with Crippen LogP contribution in [0.2, 0.25) is 5.02 Å². The van der Waals surface area contributed by atoms with E-state index in [-0.39, 0.29) is 23.7 Å². The molecule has 0 fully saturated rings. The molecule has 7 heteroatoms. The molecule has 2 N–H and O–H groups in total.